The number of piperidine rings is 1. The highest BCUT2D eigenvalue weighted by molar-refractivity contribution is 5.85. The number of carbonyl (C=O) groups is 1. The maximum Gasteiger partial charge on any atom is 0.220 e. The minimum atomic E-state index is -0.846. The van der Waals surface area contributed by atoms with Gasteiger partial charge in [-0.15, -0.1) is 12.4 Å². The van der Waals surface area contributed by atoms with Crippen LogP contribution < -0.4 is 10.6 Å². The summed E-state index contributed by atoms with van der Waals surface area (Å²) in [5.74, 6) is -1.73. The van der Waals surface area contributed by atoms with E-state index in [1.54, 1.807) is 6.07 Å². The van der Waals surface area contributed by atoms with E-state index in [2.05, 4.69) is 10.6 Å². The number of carbonyl (C=O) groups excluding carboxylic acids is 1. The van der Waals surface area contributed by atoms with Crippen LogP contribution in [0.25, 0.3) is 0 Å². The molecule has 0 saturated carbocycles. The Morgan fingerprint density at radius 1 is 1.15 bits per heavy atom. The molecule has 2 aromatic carbocycles. The quantitative estimate of drug-likeness (QED) is 0.807. The van der Waals surface area contributed by atoms with Crippen molar-refractivity contribution in [3.8, 4) is 0 Å². The molecule has 1 heterocycles. The Morgan fingerprint density at radius 3 is 2.59 bits per heavy atom. The third-order valence-corrected chi connectivity index (χ3v) is 4.96. The number of hydrogen-bond donors (Lipinski definition) is 2. The molecule has 0 radical (unpaired) electrons. The smallest absolute Gasteiger partial charge is 0.220 e. The van der Waals surface area contributed by atoms with E-state index in [4.69, 9.17) is 0 Å². The highest BCUT2D eigenvalue weighted by Gasteiger charge is 2.28. The lowest BCUT2D eigenvalue weighted by Crippen LogP contribution is -2.50. The van der Waals surface area contributed by atoms with Gasteiger partial charge in [0.1, 0.15) is 0 Å². The molecule has 0 aromatic heterocycles. The zero-order chi connectivity index (χ0) is 18.5. The Kier molecular flexibility index (Phi) is 7.75. The molecule has 1 fully saturated rings. The Hall–Kier alpha value is -1.98. The van der Waals surface area contributed by atoms with Crippen molar-refractivity contribution < 1.29 is 13.6 Å². The molecule has 0 spiro atoms. The molecule has 6 heteroatoms. The van der Waals surface area contributed by atoms with Gasteiger partial charge in [-0.3, -0.25) is 4.79 Å². The summed E-state index contributed by atoms with van der Waals surface area (Å²) in [6.45, 7) is 3.45. The van der Waals surface area contributed by atoms with E-state index in [-0.39, 0.29) is 30.3 Å². The van der Waals surface area contributed by atoms with Crippen LogP contribution in [0.1, 0.15) is 35.4 Å². The zero-order valence-electron chi connectivity index (χ0n) is 15.3. The molecular weight excluding hydrogens is 370 g/mol. The lowest BCUT2D eigenvalue weighted by molar-refractivity contribution is -0.122. The minimum Gasteiger partial charge on any atom is -0.351 e. The fourth-order valence-corrected chi connectivity index (χ4v) is 3.44. The third kappa shape index (κ3) is 5.75. The van der Waals surface area contributed by atoms with Crippen molar-refractivity contribution in [3.05, 3.63) is 70.8 Å². The Morgan fingerprint density at radius 2 is 1.89 bits per heavy atom. The standard InChI is InChI=1S/C21H24F2N2O.ClH/c1-14-2-4-15(5-3-14)6-9-21(26)25-20-13-24-11-10-17(20)16-7-8-18(22)19(23)12-16;/h2-5,7-8,12,17,20,24H,6,9-11,13H2,1H3,(H,25,26);1H. The van der Waals surface area contributed by atoms with Gasteiger partial charge in [0.05, 0.1) is 0 Å². The van der Waals surface area contributed by atoms with E-state index in [1.165, 1.54) is 11.6 Å². The molecule has 2 aromatic rings. The molecule has 27 heavy (non-hydrogen) atoms. The molecule has 146 valence electrons. The highest BCUT2D eigenvalue weighted by Crippen LogP contribution is 2.27. The van der Waals surface area contributed by atoms with E-state index in [1.807, 2.05) is 31.2 Å². The molecule has 1 saturated heterocycles. The second kappa shape index (κ2) is 9.81. The topological polar surface area (TPSA) is 41.1 Å². The number of amides is 1. The van der Waals surface area contributed by atoms with Crippen molar-refractivity contribution in [1.29, 1.82) is 0 Å². The predicted molar refractivity (Wildman–Crippen MR) is 105 cm³/mol. The normalized spacial score (nSPS) is 19.2. The SMILES string of the molecule is Cc1ccc(CCC(=O)NC2CNCCC2c2ccc(F)c(F)c2)cc1.Cl. The Labute approximate surface area is 165 Å². The summed E-state index contributed by atoms with van der Waals surface area (Å²) in [6, 6.07) is 12.0. The van der Waals surface area contributed by atoms with Crippen LogP contribution in [-0.4, -0.2) is 25.0 Å². The highest BCUT2D eigenvalue weighted by atomic mass is 35.5. The summed E-state index contributed by atoms with van der Waals surface area (Å²) in [7, 11) is 0. The van der Waals surface area contributed by atoms with Gasteiger partial charge in [0.2, 0.25) is 5.91 Å². The van der Waals surface area contributed by atoms with E-state index < -0.39 is 11.6 Å². The van der Waals surface area contributed by atoms with Crippen molar-refractivity contribution in [1.82, 2.24) is 10.6 Å². The summed E-state index contributed by atoms with van der Waals surface area (Å²) in [6.07, 6.45) is 1.86. The first-order valence-electron chi connectivity index (χ1n) is 9.03. The first-order valence-corrected chi connectivity index (χ1v) is 9.03. The molecule has 0 bridgehead atoms. The number of nitrogens with one attached hydrogen (secondary N) is 2. The molecule has 3 nitrogen and oxygen atoms in total. The lowest BCUT2D eigenvalue weighted by Gasteiger charge is -2.33. The van der Waals surface area contributed by atoms with Crippen LogP contribution in [0.3, 0.4) is 0 Å². The van der Waals surface area contributed by atoms with Crippen LogP contribution in [-0.2, 0) is 11.2 Å². The van der Waals surface area contributed by atoms with E-state index in [0.717, 1.165) is 30.2 Å². The zero-order valence-corrected chi connectivity index (χ0v) is 16.1. The number of hydrogen-bond acceptors (Lipinski definition) is 2. The Balaban J connectivity index is 0.00000261. The monoisotopic (exact) mass is 394 g/mol. The summed E-state index contributed by atoms with van der Waals surface area (Å²) in [5, 5.41) is 6.33. The van der Waals surface area contributed by atoms with Crippen molar-refractivity contribution >= 4 is 18.3 Å². The lowest BCUT2D eigenvalue weighted by atomic mass is 9.86. The number of aryl methyl sites for hydroxylation is 2. The van der Waals surface area contributed by atoms with Crippen LogP contribution in [0.5, 0.6) is 0 Å². The fourth-order valence-electron chi connectivity index (χ4n) is 3.44. The van der Waals surface area contributed by atoms with Gasteiger partial charge >= 0.3 is 0 Å². The van der Waals surface area contributed by atoms with Gasteiger partial charge in [-0.05, 0) is 49.6 Å². The Bertz CT molecular complexity index is 767. The molecule has 0 aliphatic carbocycles. The average molecular weight is 395 g/mol. The van der Waals surface area contributed by atoms with E-state index in [0.29, 0.717) is 19.4 Å². The second-order valence-corrected chi connectivity index (χ2v) is 6.93. The third-order valence-electron chi connectivity index (χ3n) is 4.96. The maximum absolute atomic E-state index is 13.6. The molecule has 1 aliphatic heterocycles. The van der Waals surface area contributed by atoms with Gasteiger partial charge in [-0.2, -0.15) is 0 Å². The van der Waals surface area contributed by atoms with Gasteiger partial charge in [0.15, 0.2) is 11.6 Å². The molecule has 2 unspecified atom stereocenters. The molecule has 3 rings (SSSR count). The average Bonchev–Trinajstić information content (AvgIpc) is 2.64. The number of benzene rings is 2. The first kappa shape index (κ1) is 21.3. The molecule has 1 amide bonds. The van der Waals surface area contributed by atoms with Gasteiger partial charge < -0.3 is 10.6 Å². The molecule has 2 atom stereocenters. The minimum absolute atomic E-state index is 0. The van der Waals surface area contributed by atoms with Crippen molar-refractivity contribution in [2.24, 2.45) is 0 Å². The van der Waals surface area contributed by atoms with Crippen molar-refractivity contribution in [2.45, 2.75) is 38.1 Å². The summed E-state index contributed by atoms with van der Waals surface area (Å²) in [4.78, 5) is 12.4. The second-order valence-electron chi connectivity index (χ2n) is 6.93. The number of halogens is 3. The van der Waals surface area contributed by atoms with Crippen molar-refractivity contribution in [3.63, 3.8) is 0 Å². The molecular formula is C21H25ClF2N2O. The number of rotatable bonds is 5. The predicted octanol–water partition coefficient (Wildman–Crippen LogP) is 3.89. The summed E-state index contributed by atoms with van der Waals surface area (Å²) < 4.78 is 26.8. The fraction of sp³-hybridized carbons (Fsp3) is 0.381. The van der Waals surface area contributed by atoms with Gasteiger partial charge in [0.25, 0.3) is 0 Å². The summed E-state index contributed by atoms with van der Waals surface area (Å²) in [5.41, 5.74) is 3.06. The van der Waals surface area contributed by atoms with Crippen LogP contribution >= 0.6 is 12.4 Å². The van der Waals surface area contributed by atoms with E-state index in [9.17, 15) is 13.6 Å². The van der Waals surface area contributed by atoms with E-state index >= 15 is 0 Å². The van der Waals surface area contributed by atoms with Crippen LogP contribution in [0, 0.1) is 18.6 Å². The maximum atomic E-state index is 13.6. The van der Waals surface area contributed by atoms with Crippen molar-refractivity contribution in [2.75, 3.05) is 13.1 Å². The molecule has 1 aliphatic rings. The van der Waals surface area contributed by atoms with Crippen LogP contribution in [0.4, 0.5) is 8.78 Å². The van der Waals surface area contributed by atoms with Gasteiger partial charge in [-0.25, -0.2) is 8.78 Å². The summed E-state index contributed by atoms with van der Waals surface area (Å²) >= 11 is 0. The first-order chi connectivity index (χ1) is 12.5. The van der Waals surface area contributed by atoms with Crippen LogP contribution in [0.15, 0.2) is 42.5 Å². The van der Waals surface area contributed by atoms with Crippen LogP contribution in [0.2, 0.25) is 0 Å². The molecule has 2 N–H and O–H groups in total. The van der Waals surface area contributed by atoms with Gasteiger partial charge in [-0.1, -0.05) is 35.9 Å². The van der Waals surface area contributed by atoms with Gasteiger partial charge in [0, 0.05) is 24.9 Å². The largest absolute Gasteiger partial charge is 0.351 e.